The highest BCUT2D eigenvalue weighted by Crippen LogP contribution is 2.32. The lowest BCUT2D eigenvalue weighted by Gasteiger charge is -2.32. The minimum Gasteiger partial charge on any atom is -0.378 e. The van der Waals surface area contributed by atoms with E-state index in [0.29, 0.717) is 12.1 Å². The largest absolute Gasteiger partial charge is 0.378 e. The molecule has 3 nitrogen and oxygen atoms in total. The van der Waals surface area contributed by atoms with E-state index in [1.807, 2.05) is 0 Å². The van der Waals surface area contributed by atoms with E-state index in [1.54, 1.807) is 0 Å². The third-order valence-electron chi connectivity index (χ3n) is 4.67. The van der Waals surface area contributed by atoms with E-state index >= 15 is 0 Å². The van der Waals surface area contributed by atoms with E-state index in [2.05, 4.69) is 12.3 Å². The summed E-state index contributed by atoms with van der Waals surface area (Å²) in [6, 6.07) is 0.506. The van der Waals surface area contributed by atoms with Gasteiger partial charge >= 0.3 is 0 Å². The number of rotatable bonds is 5. The van der Waals surface area contributed by atoms with Crippen LogP contribution in [0.2, 0.25) is 0 Å². The van der Waals surface area contributed by atoms with E-state index in [9.17, 15) is 0 Å². The van der Waals surface area contributed by atoms with Gasteiger partial charge in [0.25, 0.3) is 0 Å². The van der Waals surface area contributed by atoms with Crippen LogP contribution >= 0.6 is 0 Å². The highest BCUT2D eigenvalue weighted by atomic mass is 16.5. The molecule has 0 amide bonds. The molecular weight excluding hydrogens is 212 g/mol. The lowest BCUT2D eigenvalue weighted by atomic mass is 9.78. The minimum absolute atomic E-state index is 0.506. The van der Waals surface area contributed by atoms with Crippen LogP contribution in [0.15, 0.2) is 0 Å². The van der Waals surface area contributed by atoms with Crippen LogP contribution < -0.4 is 11.3 Å². The Labute approximate surface area is 105 Å². The summed E-state index contributed by atoms with van der Waals surface area (Å²) in [6.45, 7) is 3.33. The monoisotopic (exact) mass is 240 g/mol. The van der Waals surface area contributed by atoms with Crippen LogP contribution in [-0.4, -0.2) is 18.8 Å². The van der Waals surface area contributed by atoms with E-state index in [4.69, 9.17) is 10.6 Å². The quantitative estimate of drug-likeness (QED) is 0.573. The molecule has 2 aliphatic rings. The standard InChI is InChI=1S/C14H28N2O/c1-11-4-6-12(7-5-11)14(16-15)9-8-13-3-2-10-17-13/h11-14,16H,2-10,15H2,1H3. The maximum Gasteiger partial charge on any atom is 0.0576 e. The molecule has 2 unspecified atom stereocenters. The molecule has 1 saturated heterocycles. The van der Waals surface area contributed by atoms with Gasteiger partial charge in [0.2, 0.25) is 0 Å². The molecule has 0 aromatic carbocycles. The lowest BCUT2D eigenvalue weighted by molar-refractivity contribution is 0.0947. The first-order valence-corrected chi connectivity index (χ1v) is 7.37. The first kappa shape index (κ1) is 13.3. The second-order valence-corrected chi connectivity index (χ2v) is 6.01. The first-order valence-electron chi connectivity index (χ1n) is 7.37. The molecule has 1 aliphatic heterocycles. The van der Waals surface area contributed by atoms with Crippen LogP contribution in [0.4, 0.5) is 0 Å². The SMILES string of the molecule is CC1CCC(C(CCC2CCCO2)NN)CC1. The Bertz CT molecular complexity index is 208. The molecule has 2 rings (SSSR count). The normalized spacial score (nSPS) is 36.0. The molecule has 0 radical (unpaired) electrons. The topological polar surface area (TPSA) is 47.3 Å². The van der Waals surface area contributed by atoms with Gasteiger partial charge in [-0.2, -0.15) is 0 Å². The molecule has 2 atom stereocenters. The summed E-state index contributed by atoms with van der Waals surface area (Å²) in [5, 5.41) is 0. The fourth-order valence-corrected chi connectivity index (χ4v) is 3.38. The van der Waals surface area contributed by atoms with Crippen molar-refractivity contribution in [3.05, 3.63) is 0 Å². The molecule has 3 heteroatoms. The van der Waals surface area contributed by atoms with Gasteiger partial charge in [-0.15, -0.1) is 0 Å². The Hall–Kier alpha value is -0.120. The number of hydrogen-bond donors (Lipinski definition) is 2. The Kier molecular flexibility index (Phi) is 5.26. The van der Waals surface area contributed by atoms with Gasteiger partial charge in [0.15, 0.2) is 0 Å². The smallest absolute Gasteiger partial charge is 0.0576 e. The molecular formula is C14H28N2O. The summed E-state index contributed by atoms with van der Waals surface area (Å²) < 4.78 is 5.68. The summed E-state index contributed by atoms with van der Waals surface area (Å²) in [5.41, 5.74) is 3.06. The van der Waals surface area contributed by atoms with E-state index < -0.39 is 0 Å². The molecule has 1 heterocycles. The summed E-state index contributed by atoms with van der Waals surface area (Å²) >= 11 is 0. The van der Waals surface area contributed by atoms with Crippen LogP contribution in [0.3, 0.4) is 0 Å². The summed E-state index contributed by atoms with van der Waals surface area (Å²) in [6.07, 6.45) is 10.8. The number of hydrogen-bond acceptors (Lipinski definition) is 3. The van der Waals surface area contributed by atoms with Crippen molar-refractivity contribution in [2.45, 2.75) is 70.4 Å². The highest BCUT2D eigenvalue weighted by Gasteiger charge is 2.26. The van der Waals surface area contributed by atoms with Crippen molar-refractivity contribution in [1.82, 2.24) is 5.43 Å². The number of nitrogens with one attached hydrogen (secondary N) is 1. The average molecular weight is 240 g/mol. The summed E-state index contributed by atoms with van der Waals surface area (Å²) in [7, 11) is 0. The van der Waals surface area contributed by atoms with Crippen LogP contribution in [0.5, 0.6) is 0 Å². The Balaban J connectivity index is 1.71. The van der Waals surface area contributed by atoms with Gasteiger partial charge < -0.3 is 4.74 Å². The van der Waals surface area contributed by atoms with Gasteiger partial charge in [-0.25, -0.2) is 0 Å². The van der Waals surface area contributed by atoms with Crippen molar-refractivity contribution in [3.8, 4) is 0 Å². The Morgan fingerprint density at radius 1 is 1.24 bits per heavy atom. The van der Waals surface area contributed by atoms with Crippen LogP contribution in [0.25, 0.3) is 0 Å². The van der Waals surface area contributed by atoms with Gasteiger partial charge in [-0.3, -0.25) is 11.3 Å². The van der Waals surface area contributed by atoms with Crippen molar-refractivity contribution in [1.29, 1.82) is 0 Å². The van der Waals surface area contributed by atoms with Gasteiger partial charge in [-0.05, 0) is 50.4 Å². The van der Waals surface area contributed by atoms with Crippen molar-refractivity contribution in [2.24, 2.45) is 17.7 Å². The van der Waals surface area contributed by atoms with Crippen molar-refractivity contribution in [3.63, 3.8) is 0 Å². The lowest BCUT2D eigenvalue weighted by Crippen LogP contribution is -2.42. The fourth-order valence-electron chi connectivity index (χ4n) is 3.38. The molecule has 3 N–H and O–H groups in total. The van der Waals surface area contributed by atoms with Gasteiger partial charge in [0.05, 0.1) is 6.10 Å². The highest BCUT2D eigenvalue weighted by molar-refractivity contribution is 4.81. The van der Waals surface area contributed by atoms with Crippen LogP contribution in [0.1, 0.15) is 58.3 Å². The molecule has 0 aromatic heterocycles. The predicted molar refractivity (Wildman–Crippen MR) is 70.4 cm³/mol. The molecule has 17 heavy (non-hydrogen) atoms. The van der Waals surface area contributed by atoms with Crippen molar-refractivity contribution in [2.75, 3.05) is 6.61 Å². The van der Waals surface area contributed by atoms with Gasteiger partial charge in [0, 0.05) is 12.6 Å². The van der Waals surface area contributed by atoms with Gasteiger partial charge in [-0.1, -0.05) is 19.8 Å². The fraction of sp³-hybridized carbons (Fsp3) is 1.00. The number of nitrogens with two attached hydrogens (primary N) is 1. The third kappa shape index (κ3) is 3.94. The number of hydrazine groups is 1. The molecule has 0 bridgehead atoms. The van der Waals surface area contributed by atoms with Crippen molar-refractivity contribution >= 4 is 0 Å². The van der Waals surface area contributed by atoms with Crippen LogP contribution in [-0.2, 0) is 4.74 Å². The maximum absolute atomic E-state index is 5.73. The number of ether oxygens (including phenoxy) is 1. The minimum atomic E-state index is 0.506. The van der Waals surface area contributed by atoms with E-state index in [0.717, 1.165) is 18.4 Å². The second-order valence-electron chi connectivity index (χ2n) is 6.01. The predicted octanol–water partition coefficient (Wildman–Crippen LogP) is 2.60. The second kappa shape index (κ2) is 6.72. The molecule has 100 valence electrons. The van der Waals surface area contributed by atoms with E-state index in [-0.39, 0.29) is 0 Å². The zero-order chi connectivity index (χ0) is 12.1. The summed E-state index contributed by atoms with van der Waals surface area (Å²) in [5.74, 6) is 7.44. The average Bonchev–Trinajstić information content (AvgIpc) is 2.85. The van der Waals surface area contributed by atoms with Crippen molar-refractivity contribution < 1.29 is 4.74 Å². The van der Waals surface area contributed by atoms with E-state index in [1.165, 1.54) is 51.4 Å². The van der Waals surface area contributed by atoms with Crippen LogP contribution in [0, 0.1) is 11.8 Å². The Morgan fingerprint density at radius 3 is 2.59 bits per heavy atom. The molecule has 1 saturated carbocycles. The molecule has 1 aliphatic carbocycles. The van der Waals surface area contributed by atoms with Gasteiger partial charge in [0.1, 0.15) is 0 Å². The summed E-state index contributed by atoms with van der Waals surface area (Å²) in [4.78, 5) is 0. The molecule has 0 spiro atoms. The Morgan fingerprint density at radius 2 is 2.00 bits per heavy atom. The third-order valence-corrected chi connectivity index (χ3v) is 4.67. The first-order chi connectivity index (χ1) is 8.29. The molecule has 0 aromatic rings. The molecule has 2 fully saturated rings. The maximum atomic E-state index is 5.73. The zero-order valence-electron chi connectivity index (χ0n) is 11.2. The zero-order valence-corrected chi connectivity index (χ0v) is 11.2.